The predicted molar refractivity (Wildman–Crippen MR) is 79.4 cm³/mol. The number of carbonyl (C=O) groups excluding carboxylic acids is 1. The van der Waals surface area contributed by atoms with Crippen molar-refractivity contribution in [3.05, 3.63) is 24.3 Å². The van der Waals surface area contributed by atoms with Gasteiger partial charge in [0, 0.05) is 20.6 Å². The van der Waals surface area contributed by atoms with Crippen molar-refractivity contribution < 1.29 is 4.79 Å². The number of hydrogen-bond acceptors (Lipinski definition) is 3. The Balaban J connectivity index is 2.32. The summed E-state index contributed by atoms with van der Waals surface area (Å²) in [5.41, 5.74) is 2.10. The summed E-state index contributed by atoms with van der Waals surface area (Å²) < 4.78 is 2.15. The van der Waals surface area contributed by atoms with Gasteiger partial charge in [-0.2, -0.15) is 0 Å². The second-order valence-electron chi connectivity index (χ2n) is 4.62. The minimum Gasteiger partial charge on any atom is -0.348 e. The van der Waals surface area contributed by atoms with Gasteiger partial charge in [0.2, 0.25) is 5.91 Å². The second-order valence-corrected chi connectivity index (χ2v) is 5.93. The topological polar surface area (TPSA) is 38.1 Å². The zero-order valence-electron chi connectivity index (χ0n) is 11.8. The van der Waals surface area contributed by atoms with E-state index in [-0.39, 0.29) is 11.2 Å². The summed E-state index contributed by atoms with van der Waals surface area (Å²) in [5, 5.41) is 0.781. The van der Waals surface area contributed by atoms with E-state index in [4.69, 9.17) is 0 Å². The van der Waals surface area contributed by atoms with E-state index in [1.54, 1.807) is 19.0 Å². The van der Waals surface area contributed by atoms with Gasteiger partial charge in [-0.1, -0.05) is 23.9 Å². The molecule has 4 nitrogen and oxygen atoms in total. The smallest absolute Gasteiger partial charge is 0.235 e. The Morgan fingerprint density at radius 2 is 2.11 bits per heavy atom. The maximum atomic E-state index is 11.9. The van der Waals surface area contributed by atoms with Gasteiger partial charge in [0.1, 0.15) is 0 Å². The number of thioether (sulfide) groups is 1. The Hall–Kier alpha value is -1.49. The third-order valence-corrected chi connectivity index (χ3v) is 4.08. The molecular weight excluding hydrogens is 258 g/mol. The lowest BCUT2D eigenvalue weighted by Gasteiger charge is -2.16. The normalized spacial score (nSPS) is 12.6. The summed E-state index contributed by atoms with van der Waals surface area (Å²) in [5.74, 6) is 0.111. The van der Waals surface area contributed by atoms with Crippen molar-refractivity contribution in [3.8, 4) is 0 Å². The Bertz CT molecular complexity index is 591. The number of aryl methyl sites for hydroxylation is 1. The minimum absolute atomic E-state index is 0.111. The lowest BCUT2D eigenvalue weighted by atomic mass is 10.3. The molecule has 0 aliphatic rings. The molecule has 1 atom stereocenters. The van der Waals surface area contributed by atoms with Crippen LogP contribution in [0.15, 0.2) is 29.4 Å². The molecule has 0 fully saturated rings. The summed E-state index contributed by atoms with van der Waals surface area (Å²) >= 11 is 1.52. The highest BCUT2D eigenvalue weighted by molar-refractivity contribution is 8.00. The van der Waals surface area contributed by atoms with Gasteiger partial charge in [-0.25, -0.2) is 4.98 Å². The molecule has 0 spiro atoms. The monoisotopic (exact) mass is 277 g/mol. The van der Waals surface area contributed by atoms with Gasteiger partial charge in [0.25, 0.3) is 0 Å². The third-order valence-electron chi connectivity index (χ3n) is 3.01. The van der Waals surface area contributed by atoms with Crippen LogP contribution in [0.4, 0.5) is 0 Å². The van der Waals surface area contributed by atoms with E-state index in [2.05, 4.69) is 22.5 Å². The molecule has 0 bridgehead atoms. The van der Waals surface area contributed by atoms with Crippen molar-refractivity contribution in [2.75, 3.05) is 14.1 Å². The molecule has 1 aromatic carbocycles. The Morgan fingerprint density at radius 3 is 2.74 bits per heavy atom. The average Bonchev–Trinajstić information content (AvgIpc) is 2.74. The molecule has 0 saturated heterocycles. The van der Waals surface area contributed by atoms with Crippen LogP contribution in [0.2, 0.25) is 0 Å². The van der Waals surface area contributed by atoms with Crippen LogP contribution in [-0.4, -0.2) is 39.7 Å². The van der Waals surface area contributed by atoms with Crippen molar-refractivity contribution in [3.63, 3.8) is 0 Å². The number of benzene rings is 1. The van der Waals surface area contributed by atoms with Crippen molar-refractivity contribution in [2.24, 2.45) is 0 Å². The number of rotatable bonds is 4. The number of carbonyl (C=O) groups is 1. The fourth-order valence-corrected chi connectivity index (χ4v) is 3.15. The van der Waals surface area contributed by atoms with E-state index >= 15 is 0 Å². The van der Waals surface area contributed by atoms with E-state index in [1.807, 2.05) is 25.1 Å². The molecule has 0 radical (unpaired) electrons. The lowest BCUT2D eigenvalue weighted by Crippen LogP contribution is -2.29. The fraction of sp³-hybridized carbons (Fsp3) is 0.429. The van der Waals surface area contributed by atoms with Crippen molar-refractivity contribution in [2.45, 2.75) is 30.8 Å². The Labute approximate surface area is 117 Å². The van der Waals surface area contributed by atoms with Crippen LogP contribution in [0.5, 0.6) is 0 Å². The average molecular weight is 277 g/mol. The number of aromatic nitrogens is 2. The first-order valence-corrected chi connectivity index (χ1v) is 7.25. The van der Waals surface area contributed by atoms with Crippen LogP contribution in [0.3, 0.4) is 0 Å². The molecule has 1 unspecified atom stereocenters. The molecule has 0 saturated carbocycles. The van der Waals surface area contributed by atoms with Gasteiger partial charge in [-0.15, -0.1) is 0 Å². The van der Waals surface area contributed by atoms with Crippen LogP contribution < -0.4 is 0 Å². The van der Waals surface area contributed by atoms with E-state index in [0.717, 1.165) is 22.7 Å². The van der Waals surface area contributed by atoms with E-state index < -0.39 is 0 Å². The second kappa shape index (κ2) is 5.65. The third kappa shape index (κ3) is 2.76. The maximum Gasteiger partial charge on any atom is 0.235 e. The van der Waals surface area contributed by atoms with Crippen molar-refractivity contribution in [1.82, 2.24) is 14.5 Å². The predicted octanol–water partition coefficient (Wildman–Crippen LogP) is 2.63. The fourth-order valence-electron chi connectivity index (χ4n) is 2.02. The number of amides is 1. The number of para-hydroxylation sites is 2. The number of nitrogens with zero attached hydrogens (tertiary/aromatic N) is 3. The standard InChI is InChI=1S/C14H19N3OS/c1-5-17-12-9-7-6-8-11(12)15-14(17)19-10(2)13(18)16(3)4/h6-10H,5H2,1-4H3. The molecule has 1 heterocycles. The molecule has 0 aliphatic carbocycles. The van der Waals surface area contributed by atoms with Crippen LogP contribution in [0, 0.1) is 0 Å². The van der Waals surface area contributed by atoms with E-state index in [9.17, 15) is 4.79 Å². The number of imidazole rings is 1. The van der Waals surface area contributed by atoms with Gasteiger partial charge >= 0.3 is 0 Å². The summed E-state index contributed by atoms with van der Waals surface area (Å²) in [6.07, 6.45) is 0. The van der Waals surface area contributed by atoms with E-state index in [1.165, 1.54) is 11.8 Å². The molecule has 5 heteroatoms. The van der Waals surface area contributed by atoms with Crippen molar-refractivity contribution in [1.29, 1.82) is 0 Å². The molecule has 102 valence electrons. The molecule has 2 aromatic rings. The summed E-state index contributed by atoms with van der Waals surface area (Å²) in [7, 11) is 3.56. The van der Waals surface area contributed by atoms with Gasteiger partial charge in [0.05, 0.1) is 16.3 Å². The quantitative estimate of drug-likeness (QED) is 0.806. The summed E-state index contributed by atoms with van der Waals surface area (Å²) in [6.45, 7) is 4.87. The van der Waals surface area contributed by atoms with Gasteiger partial charge in [-0.05, 0) is 26.0 Å². The first-order chi connectivity index (χ1) is 9.04. The van der Waals surface area contributed by atoms with Crippen LogP contribution in [-0.2, 0) is 11.3 Å². The van der Waals surface area contributed by atoms with E-state index in [0.29, 0.717) is 0 Å². The largest absolute Gasteiger partial charge is 0.348 e. The SMILES string of the molecule is CCn1c(SC(C)C(=O)N(C)C)nc2ccccc21. The highest BCUT2D eigenvalue weighted by atomic mass is 32.2. The van der Waals surface area contributed by atoms with Crippen LogP contribution in [0.1, 0.15) is 13.8 Å². The van der Waals surface area contributed by atoms with Gasteiger partial charge in [-0.3, -0.25) is 4.79 Å². The summed E-state index contributed by atoms with van der Waals surface area (Å²) in [6, 6.07) is 8.06. The zero-order chi connectivity index (χ0) is 14.0. The van der Waals surface area contributed by atoms with Crippen molar-refractivity contribution >= 4 is 28.7 Å². The Morgan fingerprint density at radius 1 is 1.42 bits per heavy atom. The minimum atomic E-state index is -0.128. The maximum absolute atomic E-state index is 11.9. The molecule has 0 aliphatic heterocycles. The lowest BCUT2D eigenvalue weighted by molar-refractivity contribution is -0.127. The Kier molecular flexibility index (Phi) is 4.14. The first-order valence-electron chi connectivity index (χ1n) is 6.37. The number of fused-ring (bicyclic) bond motifs is 1. The summed E-state index contributed by atoms with van der Waals surface area (Å²) in [4.78, 5) is 18.2. The zero-order valence-corrected chi connectivity index (χ0v) is 12.6. The highest BCUT2D eigenvalue weighted by Gasteiger charge is 2.19. The molecule has 2 rings (SSSR count). The first kappa shape index (κ1) is 13.9. The molecule has 19 heavy (non-hydrogen) atoms. The highest BCUT2D eigenvalue weighted by Crippen LogP contribution is 2.27. The molecule has 0 N–H and O–H groups in total. The number of hydrogen-bond donors (Lipinski definition) is 0. The van der Waals surface area contributed by atoms with Crippen LogP contribution in [0.25, 0.3) is 11.0 Å². The molecule has 1 aromatic heterocycles. The van der Waals surface area contributed by atoms with Gasteiger partial charge < -0.3 is 9.47 Å². The molecular formula is C14H19N3OS. The molecule has 1 amide bonds. The van der Waals surface area contributed by atoms with Crippen LogP contribution >= 0.6 is 11.8 Å². The van der Waals surface area contributed by atoms with Gasteiger partial charge in [0.15, 0.2) is 5.16 Å².